The third-order valence-electron chi connectivity index (χ3n) is 3.06. The lowest BCUT2D eigenvalue weighted by Crippen LogP contribution is -2.14. The second-order valence-electron chi connectivity index (χ2n) is 4.40. The van der Waals surface area contributed by atoms with Crippen LogP contribution in [0.25, 0.3) is 0 Å². The third kappa shape index (κ3) is 3.05. The van der Waals surface area contributed by atoms with Gasteiger partial charge in [-0.3, -0.25) is 0 Å². The van der Waals surface area contributed by atoms with Crippen molar-refractivity contribution >= 4 is 23.2 Å². The first-order valence-corrected chi connectivity index (χ1v) is 6.58. The molecule has 0 aliphatic heterocycles. The molecule has 2 N–H and O–H groups in total. The van der Waals surface area contributed by atoms with Gasteiger partial charge in [-0.15, -0.1) is 0 Å². The van der Waals surface area contributed by atoms with Gasteiger partial charge in [0, 0.05) is 16.1 Å². The number of hydrogen-bond donors (Lipinski definition) is 1. The van der Waals surface area contributed by atoms with Gasteiger partial charge in [-0.25, -0.2) is 0 Å². The van der Waals surface area contributed by atoms with E-state index in [1.807, 2.05) is 24.3 Å². The molecule has 0 saturated carbocycles. The summed E-state index contributed by atoms with van der Waals surface area (Å²) in [7, 11) is 0. The van der Waals surface area contributed by atoms with E-state index in [4.69, 9.17) is 28.9 Å². The summed E-state index contributed by atoms with van der Waals surface area (Å²) in [4.78, 5) is 0. The maximum absolute atomic E-state index is 6.22. The molecule has 0 aromatic heterocycles. The van der Waals surface area contributed by atoms with Crippen molar-refractivity contribution in [2.45, 2.75) is 19.4 Å². The zero-order chi connectivity index (χ0) is 13.1. The lowest BCUT2D eigenvalue weighted by molar-refractivity contribution is 0.719. The summed E-state index contributed by atoms with van der Waals surface area (Å²) < 4.78 is 0. The van der Waals surface area contributed by atoms with Crippen molar-refractivity contribution in [3.8, 4) is 0 Å². The van der Waals surface area contributed by atoms with Gasteiger partial charge in [-0.05, 0) is 42.2 Å². The molecule has 0 amide bonds. The predicted octanol–water partition coefficient (Wildman–Crippen LogP) is 4.54. The Hall–Kier alpha value is -1.02. The van der Waals surface area contributed by atoms with Gasteiger partial charge < -0.3 is 5.73 Å². The van der Waals surface area contributed by atoms with Crippen LogP contribution in [0.2, 0.25) is 10.0 Å². The van der Waals surface area contributed by atoms with Crippen LogP contribution in [-0.2, 0) is 6.42 Å². The average Bonchev–Trinajstić information content (AvgIpc) is 2.32. The Morgan fingerprint density at radius 2 is 1.83 bits per heavy atom. The fourth-order valence-electron chi connectivity index (χ4n) is 1.99. The summed E-state index contributed by atoms with van der Waals surface area (Å²) in [5.74, 6) is 0. The summed E-state index contributed by atoms with van der Waals surface area (Å²) >= 11 is 12.0. The molecule has 0 aliphatic carbocycles. The number of hydrogen-bond acceptors (Lipinski definition) is 1. The normalized spacial score (nSPS) is 12.4. The largest absolute Gasteiger partial charge is 0.324 e. The van der Waals surface area contributed by atoms with Crippen molar-refractivity contribution in [1.29, 1.82) is 0 Å². The van der Waals surface area contributed by atoms with E-state index in [-0.39, 0.29) is 6.04 Å². The van der Waals surface area contributed by atoms with Crippen LogP contribution in [0.5, 0.6) is 0 Å². The highest BCUT2D eigenvalue weighted by molar-refractivity contribution is 6.35. The van der Waals surface area contributed by atoms with Crippen LogP contribution < -0.4 is 5.73 Å². The second-order valence-corrected chi connectivity index (χ2v) is 5.25. The number of nitrogens with two attached hydrogens (primary N) is 1. The Bertz CT molecular complexity index is 552. The van der Waals surface area contributed by atoms with Gasteiger partial charge in [-0.2, -0.15) is 0 Å². The first-order chi connectivity index (χ1) is 8.58. The van der Waals surface area contributed by atoms with E-state index in [0.29, 0.717) is 10.0 Å². The molecular weight excluding hydrogens is 265 g/mol. The van der Waals surface area contributed by atoms with Crippen LogP contribution >= 0.6 is 23.2 Å². The fraction of sp³-hybridized carbons (Fsp3) is 0.200. The smallest absolute Gasteiger partial charge is 0.0468 e. The summed E-state index contributed by atoms with van der Waals surface area (Å²) in [6.45, 7) is 2.09. The number of rotatable bonds is 3. The van der Waals surface area contributed by atoms with E-state index in [2.05, 4.69) is 19.1 Å². The summed E-state index contributed by atoms with van der Waals surface area (Å²) in [5, 5.41) is 1.26. The Labute approximate surface area is 118 Å². The highest BCUT2D eigenvalue weighted by Gasteiger charge is 2.12. The Morgan fingerprint density at radius 3 is 2.50 bits per heavy atom. The minimum atomic E-state index is -0.115. The molecule has 0 heterocycles. The molecule has 3 heteroatoms. The maximum atomic E-state index is 6.22. The van der Waals surface area contributed by atoms with E-state index in [9.17, 15) is 0 Å². The molecular formula is C15H15Cl2N. The minimum absolute atomic E-state index is 0.115. The van der Waals surface area contributed by atoms with Crippen molar-refractivity contribution in [2.24, 2.45) is 5.73 Å². The molecule has 0 fully saturated rings. The van der Waals surface area contributed by atoms with Crippen LogP contribution in [0.3, 0.4) is 0 Å². The van der Waals surface area contributed by atoms with E-state index >= 15 is 0 Å². The molecule has 2 aromatic rings. The van der Waals surface area contributed by atoms with E-state index in [1.54, 1.807) is 6.07 Å². The summed E-state index contributed by atoms with van der Waals surface area (Å²) in [5.41, 5.74) is 9.65. The van der Waals surface area contributed by atoms with Crippen molar-refractivity contribution in [3.63, 3.8) is 0 Å². The SMILES string of the molecule is Cc1ccccc1CC(N)c1ccc(Cl)cc1Cl. The van der Waals surface area contributed by atoms with Gasteiger partial charge in [0.05, 0.1) is 0 Å². The molecule has 0 saturated heterocycles. The van der Waals surface area contributed by atoms with Crippen molar-refractivity contribution in [3.05, 3.63) is 69.2 Å². The van der Waals surface area contributed by atoms with Gasteiger partial charge in [0.25, 0.3) is 0 Å². The standard InChI is InChI=1S/C15H15Cl2N/c1-10-4-2-3-5-11(10)8-15(18)13-7-6-12(16)9-14(13)17/h2-7,9,15H,8,18H2,1H3. The lowest BCUT2D eigenvalue weighted by Gasteiger charge is -2.15. The van der Waals surface area contributed by atoms with E-state index in [0.717, 1.165) is 12.0 Å². The molecule has 0 spiro atoms. The lowest BCUT2D eigenvalue weighted by atomic mass is 9.97. The number of benzene rings is 2. The molecule has 2 rings (SSSR count). The molecule has 0 bridgehead atoms. The van der Waals surface area contributed by atoms with Crippen LogP contribution in [0.1, 0.15) is 22.7 Å². The Kier molecular flexibility index (Phi) is 4.28. The second kappa shape index (κ2) is 5.75. The van der Waals surface area contributed by atoms with Gasteiger partial charge in [0.2, 0.25) is 0 Å². The maximum Gasteiger partial charge on any atom is 0.0468 e. The molecule has 1 nitrogen and oxygen atoms in total. The van der Waals surface area contributed by atoms with E-state index in [1.165, 1.54) is 11.1 Å². The zero-order valence-electron chi connectivity index (χ0n) is 10.2. The average molecular weight is 280 g/mol. The molecule has 0 aliphatic rings. The van der Waals surface area contributed by atoms with Gasteiger partial charge >= 0.3 is 0 Å². The summed E-state index contributed by atoms with van der Waals surface area (Å²) in [6.07, 6.45) is 0.772. The number of aryl methyl sites for hydroxylation is 1. The minimum Gasteiger partial charge on any atom is -0.324 e. The predicted molar refractivity (Wildman–Crippen MR) is 78.3 cm³/mol. The first kappa shape index (κ1) is 13.4. The molecule has 94 valence electrons. The number of halogens is 2. The molecule has 1 atom stereocenters. The highest BCUT2D eigenvalue weighted by atomic mass is 35.5. The Morgan fingerprint density at radius 1 is 1.11 bits per heavy atom. The monoisotopic (exact) mass is 279 g/mol. The van der Waals surface area contributed by atoms with Crippen molar-refractivity contribution in [2.75, 3.05) is 0 Å². The first-order valence-electron chi connectivity index (χ1n) is 5.83. The highest BCUT2D eigenvalue weighted by Crippen LogP contribution is 2.27. The fourth-order valence-corrected chi connectivity index (χ4v) is 2.54. The van der Waals surface area contributed by atoms with E-state index < -0.39 is 0 Å². The Balaban J connectivity index is 2.22. The zero-order valence-corrected chi connectivity index (χ0v) is 11.7. The topological polar surface area (TPSA) is 26.0 Å². The van der Waals surface area contributed by atoms with Gasteiger partial charge in [0.15, 0.2) is 0 Å². The van der Waals surface area contributed by atoms with Crippen LogP contribution in [0.4, 0.5) is 0 Å². The van der Waals surface area contributed by atoms with Crippen LogP contribution in [0.15, 0.2) is 42.5 Å². The van der Waals surface area contributed by atoms with Crippen molar-refractivity contribution < 1.29 is 0 Å². The van der Waals surface area contributed by atoms with Crippen molar-refractivity contribution in [1.82, 2.24) is 0 Å². The quantitative estimate of drug-likeness (QED) is 0.877. The molecule has 1 unspecified atom stereocenters. The van der Waals surface area contributed by atoms with Crippen LogP contribution in [-0.4, -0.2) is 0 Å². The third-order valence-corrected chi connectivity index (χ3v) is 3.63. The molecule has 18 heavy (non-hydrogen) atoms. The summed E-state index contributed by atoms with van der Waals surface area (Å²) in [6, 6.07) is 13.6. The van der Waals surface area contributed by atoms with Crippen LogP contribution in [0, 0.1) is 6.92 Å². The van der Waals surface area contributed by atoms with Gasteiger partial charge in [-0.1, -0.05) is 53.5 Å². The van der Waals surface area contributed by atoms with Gasteiger partial charge in [0.1, 0.15) is 0 Å². The molecule has 2 aromatic carbocycles. The molecule has 0 radical (unpaired) electrons.